The van der Waals surface area contributed by atoms with Crippen LogP contribution in [0.25, 0.3) is 11.3 Å². The molecule has 2 fully saturated rings. The summed E-state index contributed by atoms with van der Waals surface area (Å²) in [6, 6.07) is 5.43. The van der Waals surface area contributed by atoms with Gasteiger partial charge in [-0.3, -0.25) is 0 Å². The third-order valence-electron chi connectivity index (χ3n) is 6.85. The molecule has 1 aliphatic heterocycles. The van der Waals surface area contributed by atoms with Crippen molar-refractivity contribution in [1.82, 2.24) is 9.97 Å². The Balaban J connectivity index is 1.63. The molecule has 1 aliphatic carbocycles. The number of hydrogen-bond donors (Lipinski definition) is 2. The van der Waals surface area contributed by atoms with Gasteiger partial charge < -0.3 is 15.1 Å². The van der Waals surface area contributed by atoms with Gasteiger partial charge in [-0.2, -0.15) is 0 Å². The fraction of sp³-hybridized carbons (Fsp3) is 0.545. The standard InChI is InChI=1S/C22H27Cl2N3O2/c1-13-10-15(29)11-22(13)6-8-27(9-7-22)21-18(12-28)26-20(14(2)25-21)16-4-3-5-17(23)19(16)24/h3-5,13,15,28-29H,6-12H2,1-2H3/t13-,15-/m1/s1. The number of aromatic nitrogens is 2. The predicted molar refractivity (Wildman–Crippen MR) is 116 cm³/mol. The Bertz CT molecular complexity index is 913. The highest BCUT2D eigenvalue weighted by molar-refractivity contribution is 6.43. The van der Waals surface area contributed by atoms with Crippen LogP contribution in [0.4, 0.5) is 5.82 Å². The highest BCUT2D eigenvalue weighted by Gasteiger charge is 2.46. The second-order valence-electron chi connectivity index (χ2n) is 8.53. The number of aliphatic hydroxyl groups is 2. The number of anilines is 1. The molecule has 0 unspecified atom stereocenters. The lowest BCUT2D eigenvalue weighted by molar-refractivity contribution is 0.132. The van der Waals surface area contributed by atoms with Gasteiger partial charge in [0.05, 0.1) is 34.1 Å². The van der Waals surface area contributed by atoms with E-state index in [1.165, 1.54) is 0 Å². The third-order valence-corrected chi connectivity index (χ3v) is 7.67. The number of aliphatic hydroxyl groups excluding tert-OH is 2. The summed E-state index contributed by atoms with van der Waals surface area (Å²) >= 11 is 12.6. The van der Waals surface area contributed by atoms with E-state index < -0.39 is 0 Å². The predicted octanol–water partition coefficient (Wildman–Crippen LogP) is 4.63. The molecule has 29 heavy (non-hydrogen) atoms. The Morgan fingerprint density at radius 2 is 1.93 bits per heavy atom. The van der Waals surface area contributed by atoms with Gasteiger partial charge >= 0.3 is 0 Å². The van der Waals surface area contributed by atoms with Crippen molar-refractivity contribution in [3.63, 3.8) is 0 Å². The van der Waals surface area contributed by atoms with E-state index in [0.29, 0.717) is 27.4 Å². The number of benzene rings is 1. The molecule has 2 atom stereocenters. The Morgan fingerprint density at radius 3 is 2.55 bits per heavy atom. The molecule has 1 spiro atoms. The van der Waals surface area contributed by atoms with Gasteiger partial charge in [0, 0.05) is 18.7 Å². The van der Waals surface area contributed by atoms with E-state index in [9.17, 15) is 10.2 Å². The fourth-order valence-electron chi connectivity index (χ4n) is 5.12. The number of piperidine rings is 1. The zero-order valence-corrected chi connectivity index (χ0v) is 18.3. The molecular formula is C22H27Cl2N3O2. The molecule has 1 aromatic carbocycles. The molecule has 4 rings (SSSR count). The van der Waals surface area contributed by atoms with Crippen molar-refractivity contribution in [2.45, 2.75) is 52.2 Å². The SMILES string of the molecule is Cc1nc(N2CCC3(CC2)C[C@H](O)C[C@H]3C)c(CO)nc1-c1cccc(Cl)c1Cl. The van der Waals surface area contributed by atoms with Gasteiger partial charge in [0.2, 0.25) is 0 Å². The molecular weight excluding hydrogens is 409 g/mol. The lowest BCUT2D eigenvalue weighted by Gasteiger charge is -2.43. The average molecular weight is 436 g/mol. The molecule has 156 valence electrons. The van der Waals surface area contributed by atoms with E-state index in [-0.39, 0.29) is 18.1 Å². The molecule has 2 aliphatic rings. The molecule has 7 heteroatoms. The molecule has 2 aromatic rings. The van der Waals surface area contributed by atoms with Crippen LogP contribution in [0, 0.1) is 18.3 Å². The van der Waals surface area contributed by atoms with Crippen molar-refractivity contribution in [1.29, 1.82) is 0 Å². The Hall–Kier alpha value is -1.40. The van der Waals surface area contributed by atoms with Crippen LogP contribution in [0.5, 0.6) is 0 Å². The van der Waals surface area contributed by atoms with Crippen LogP contribution in [0.15, 0.2) is 18.2 Å². The average Bonchev–Trinajstić information content (AvgIpc) is 2.97. The minimum Gasteiger partial charge on any atom is -0.393 e. The maximum atomic E-state index is 10.1. The van der Waals surface area contributed by atoms with Gasteiger partial charge in [-0.1, -0.05) is 42.3 Å². The maximum Gasteiger partial charge on any atom is 0.153 e. The normalized spacial score (nSPS) is 23.7. The monoisotopic (exact) mass is 435 g/mol. The molecule has 5 nitrogen and oxygen atoms in total. The van der Waals surface area contributed by atoms with E-state index in [1.54, 1.807) is 6.07 Å². The summed E-state index contributed by atoms with van der Waals surface area (Å²) in [5, 5.41) is 21.0. The van der Waals surface area contributed by atoms with Gasteiger partial charge in [0.15, 0.2) is 5.82 Å². The van der Waals surface area contributed by atoms with Crippen LogP contribution in [0.2, 0.25) is 10.0 Å². The molecule has 2 heterocycles. The van der Waals surface area contributed by atoms with Gasteiger partial charge in [-0.25, -0.2) is 9.97 Å². The molecule has 0 radical (unpaired) electrons. The summed E-state index contributed by atoms with van der Waals surface area (Å²) in [5.74, 6) is 1.28. The Kier molecular flexibility index (Phi) is 5.77. The van der Waals surface area contributed by atoms with Crippen LogP contribution >= 0.6 is 23.2 Å². The van der Waals surface area contributed by atoms with Crippen LogP contribution < -0.4 is 4.90 Å². The Labute approximate surface area is 181 Å². The zero-order valence-electron chi connectivity index (χ0n) is 16.8. The lowest BCUT2D eigenvalue weighted by Crippen LogP contribution is -2.42. The first-order chi connectivity index (χ1) is 13.8. The molecule has 1 saturated carbocycles. The molecule has 0 bridgehead atoms. The number of hydrogen-bond acceptors (Lipinski definition) is 5. The van der Waals surface area contributed by atoms with Crippen LogP contribution in [0.1, 0.15) is 44.0 Å². The Morgan fingerprint density at radius 1 is 1.21 bits per heavy atom. The van der Waals surface area contributed by atoms with Crippen molar-refractivity contribution in [3.8, 4) is 11.3 Å². The van der Waals surface area contributed by atoms with E-state index >= 15 is 0 Å². The molecule has 1 saturated heterocycles. The first-order valence-corrected chi connectivity index (χ1v) is 11.0. The highest BCUT2D eigenvalue weighted by atomic mass is 35.5. The van der Waals surface area contributed by atoms with Crippen molar-refractivity contribution >= 4 is 29.0 Å². The number of halogens is 2. The summed E-state index contributed by atoms with van der Waals surface area (Å²) < 4.78 is 0. The molecule has 1 aromatic heterocycles. The van der Waals surface area contributed by atoms with E-state index in [4.69, 9.17) is 33.2 Å². The summed E-state index contributed by atoms with van der Waals surface area (Å²) in [5.41, 5.74) is 2.90. The summed E-state index contributed by atoms with van der Waals surface area (Å²) in [4.78, 5) is 11.8. The first-order valence-electron chi connectivity index (χ1n) is 10.2. The largest absolute Gasteiger partial charge is 0.393 e. The lowest BCUT2D eigenvalue weighted by atomic mass is 9.71. The summed E-state index contributed by atoms with van der Waals surface area (Å²) in [6.07, 6.45) is 3.67. The third kappa shape index (κ3) is 3.74. The smallest absolute Gasteiger partial charge is 0.153 e. The van der Waals surface area contributed by atoms with Crippen LogP contribution in [-0.2, 0) is 6.61 Å². The first kappa shape index (κ1) is 20.9. The van der Waals surface area contributed by atoms with Crippen molar-refractivity contribution < 1.29 is 10.2 Å². The van der Waals surface area contributed by atoms with Gasteiger partial charge in [0.1, 0.15) is 5.69 Å². The van der Waals surface area contributed by atoms with Crippen molar-refractivity contribution in [3.05, 3.63) is 39.6 Å². The minimum atomic E-state index is -0.190. The van der Waals surface area contributed by atoms with Gasteiger partial charge in [-0.15, -0.1) is 0 Å². The number of nitrogens with zero attached hydrogens (tertiary/aromatic N) is 3. The van der Waals surface area contributed by atoms with Gasteiger partial charge in [0.25, 0.3) is 0 Å². The van der Waals surface area contributed by atoms with Crippen LogP contribution in [-0.4, -0.2) is 39.4 Å². The summed E-state index contributed by atoms with van der Waals surface area (Å²) in [7, 11) is 0. The maximum absolute atomic E-state index is 10.1. The summed E-state index contributed by atoms with van der Waals surface area (Å²) in [6.45, 7) is 5.69. The van der Waals surface area contributed by atoms with Crippen LogP contribution in [0.3, 0.4) is 0 Å². The fourth-order valence-corrected chi connectivity index (χ4v) is 5.51. The quantitative estimate of drug-likeness (QED) is 0.735. The zero-order chi connectivity index (χ0) is 20.8. The van der Waals surface area contributed by atoms with E-state index in [1.807, 2.05) is 19.1 Å². The van der Waals surface area contributed by atoms with E-state index in [0.717, 1.165) is 55.8 Å². The molecule has 0 amide bonds. The number of rotatable bonds is 3. The second kappa shape index (κ2) is 8.03. The number of aryl methyl sites for hydroxylation is 1. The molecule has 2 N–H and O–H groups in total. The minimum absolute atomic E-state index is 0.173. The van der Waals surface area contributed by atoms with E-state index in [2.05, 4.69) is 11.8 Å². The van der Waals surface area contributed by atoms with Gasteiger partial charge in [-0.05, 0) is 50.0 Å². The topological polar surface area (TPSA) is 69.5 Å². The highest BCUT2D eigenvalue weighted by Crippen LogP contribution is 2.50. The van der Waals surface area contributed by atoms with Crippen molar-refractivity contribution in [2.75, 3.05) is 18.0 Å². The van der Waals surface area contributed by atoms with Crippen molar-refractivity contribution in [2.24, 2.45) is 11.3 Å². The second-order valence-corrected chi connectivity index (χ2v) is 9.32.